The van der Waals surface area contributed by atoms with E-state index in [-0.39, 0.29) is 22.1 Å². The van der Waals surface area contributed by atoms with Crippen LogP contribution in [-0.2, 0) is 16.4 Å². The molecular weight excluding hydrogens is 623 g/mol. The van der Waals surface area contributed by atoms with Gasteiger partial charge in [-0.15, -0.1) is 0 Å². The Morgan fingerprint density at radius 2 is 1.20 bits per heavy atom. The molecule has 0 saturated carbocycles. The number of aromatic hydroxyl groups is 1. The summed E-state index contributed by atoms with van der Waals surface area (Å²) in [6.45, 7) is 22.2. The lowest BCUT2D eigenvalue weighted by Crippen LogP contribution is -2.22. The zero-order valence-electron chi connectivity index (χ0n) is 31.7. The van der Waals surface area contributed by atoms with Gasteiger partial charge in [0, 0.05) is 28.2 Å². The predicted octanol–water partition coefficient (Wildman–Crippen LogP) is 12.6. The quantitative estimate of drug-likeness (QED) is 0.203. The molecule has 51 heavy (non-hydrogen) atoms. The number of aromatic nitrogens is 3. The molecule has 2 heterocycles. The predicted molar refractivity (Wildman–Crippen MR) is 216 cm³/mol. The molecule has 0 spiro atoms. The number of hydrogen-bond acceptors (Lipinski definition) is 3. The number of fused-ring (bicyclic) bond motifs is 2. The molecule has 0 aliphatic carbocycles. The van der Waals surface area contributed by atoms with Gasteiger partial charge in [-0.2, -0.15) is 0 Å². The largest absolute Gasteiger partial charge is 0.507 e. The SMILES string of the molecule is Cc1cc(-c2cc(C(C)(C)C)cc3cccnc23)cc(-c2cc(-c3ccccc3)cc3c2nc(-c2cc(C(C)(C)C)ccc2O)n3C(C)(C)C)c1. The molecule has 0 aliphatic heterocycles. The zero-order valence-corrected chi connectivity index (χ0v) is 31.7. The van der Waals surface area contributed by atoms with Crippen molar-refractivity contribution in [3.63, 3.8) is 0 Å². The van der Waals surface area contributed by atoms with Crippen LogP contribution in [0.4, 0.5) is 0 Å². The van der Waals surface area contributed by atoms with Gasteiger partial charge < -0.3 is 9.67 Å². The fraction of sp³-hybridized carbons (Fsp3) is 0.277. The van der Waals surface area contributed by atoms with Crippen molar-refractivity contribution in [2.75, 3.05) is 0 Å². The van der Waals surface area contributed by atoms with E-state index in [1.54, 1.807) is 0 Å². The van der Waals surface area contributed by atoms with Crippen LogP contribution in [0.15, 0.2) is 109 Å². The number of rotatable bonds is 4. The minimum Gasteiger partial charge on any atom is -0.507 e. The maximum absolute atomic E-state index is 11.4. The van der Waals surface area contributed by atoms with Crippen molar-refractivity contribution in [1.29, 1.82) is 0 Å². The highest BCUT2D eigenvalue weighted by atomic mass is 16.3. The zero-order chi connectivity index (χ0) is 36.5. The average Bonchev–Trinajstić information content (AvgIpc) is 3.47. The summed E-state index contributed by atoms with van der Waals surface area (Å²) in [6.07, 6.45) is 1.89. The first-order valence-electron chi connectivity index (χ1n) is 18.0. The first-order chi connectivity index (χ1) is 24.0. The number of aryl methyl sites for hydroxylation is 1. The number of nitrogens with zero attached hydrogens (tertiary/aromatic N) is 3. The number of imidazole rings is 1. The summed E-state index contributed by atoms with van der Waals surface area (Å²) in [4.78, 5) is 10.3. The third-order valence-corrected chi connectivity index (χ3v) is 9.91. The van der Waals surface area contributed by atoms with Gasteiger partial charge in [0.25, 0.3) is 0 Å². The molecule has 7 aromatic rings. The van der Waals surface area contributed by atoms with E-state index in [0.717, 1.165) is 77.8 Å². The highest BCUT2D eigenvalue weighted by Gasteiger charge is 2.28. The van der Waals surface area contributed by atoms with Gasteiger partial charge in [0.15, 0.2) is 0 Å². The van der Waals surface area contributed by atoms with Gasteiger partial charge in [-0.3, -0.25) is 4.98 Å². The summed E-state index contributed by atoms with van der Waals surface area (Å²) in [5.74, 6) is 0.984. The molecule has 2 aromatic heterocycles. The van der Waals surface area contributed by atoms with Crippen molar-refractivity contribution in [3.05, 3.63) is 126 Å². The molecule has 0 amide bonds. The Balaban J connectivity index is 1.56. The maximum Gasteiger partial charge on any atom is 0.145 e. The molecule has 0 atom stereocenters. The van der Waals surface area contributed by atoms with E-state index in [1.807, 2.05) is 24.4 Å². The standard InChI is InChI=1S/C47H49N3O/c1-29-21-33(23-34(22-29)38-28-36(46(5,6)7)24-31-17-14-20-48-42(31)38)37-25-32(30-15-12-11-13-16-30)26-40-43(37)49-44(50(40)47(8,9)10)39-27-35(45(2,3)4)18-19-41(39)51/h11-28,51H,1-10H3. The molecular formula is C47H49N3O. The fourth-order valence-corrected chi connectivity index (χ4v) is 7.18. The van der Waals surface area contributed by atoms with Crippen molar-refractivity contribution < 1.29 is 5.11 Å². The lowest BCUT2D eigenvalue weighted by atomic mass is 9.83. The summed E-state index contributed by atoms with van der Waals surface area (Å²) >= 11 is 0. The van der Waals surface area contributed by atoms with Crippen LogP contribution >= 0.6 is 0 Å². The minimum atomic E-state index is -0.337. The molecule has 4 nitrogen and oxygen atoms in total. The second-order valence-corrected chi connectivity index (χ2v) is 17.1. The molecule has 0 unspecified atom stereocenters. The van der Waals surface area contributed by atoms with Crippen molar-refractivity contribution in [2.24, 2.45) is 0 Å². The first kappa shape index (κ1) is 34.2. The van der Waals surface area contributed by atoms with Gasteiger partial charge in [-0.1, -0.05) is 96.1 Å². The summed E-state index contributed by atoms with van der Waals surface area (Å²) in [7, 11) is 0. The van der Waals surface area contributed by atoms with Crippen LogP contribution in [0, 0.1) is 6.92 Å². The van der Waals surface area contributed by atoms with Crippen LogP contribution < -0.4 is 0 Å². The first-order valence-corrected chi connectivity index (χ1v) is 18.0. The third-order valence-electron chi connectivity index (χ3n) is 9.91. The lowest BCUT2D eigenvalue weighted by molar-refractivity contribution is 0.411. The Morgan fingerprint density at radius 1 is 0.549 bits per heavy atom. The van der Waals surface area contributed by atoms with E-state index in [4.69, 9.17) is 9.97 Å². The monoisotopic (exact) mass is 671 g/mol. The van der Waals surface area contributed by atoms with Gasteiger partial charge in [0.2, 0.25) is 0 Å². The van der Waals surface area contributed by atoms with Crippen molar-refractivity contribution in [1.82, 2.24) is 14.5 Å². The summed E-state index contributed by atoms with van der Waals surface area (Å²) < 4.78 is 2.31. The molecule has 258 valence electrons. The number of benzene rings is 5. The second kappa shape index (κ2) is 12.2. The van der Waals surface area contributed by atoms with E-state index in [0.29, 0.717) is 0 Å². The minimum absolute atomic E-state index is 0.0202. The topological polar surface area (TPSA) is 50.9 Å². The van der Waals surface area contributed by atoms with E-state index >= 15 is 0 Å². The average molecular weight is 672 g/mol. The Hall–Kier alpha value is -5.22. The Morgan fingerprint density at radius 3 is 1.84 bits per heavy atom. The van der Waals surface area contributed by atoms with E-state index in [1.165, 1.54) is 5.56 Å². The van der Waals surface area contributed by atoms with Crippen LogP contribution in [0.25, 0.3) is 66.7 Å². The van der Waals surface area contributed by atoms with E-state index in [2.05, 4.69) is 159 Å². The lowest BCUT2D eigenvalue weighted by Gasteiger charge is -2.26. The van der Waals surface area contributed by atoms with Gasteiger partial charge in [0.1, 0.15) is 11.6 Å². The smallest absolute Gasteiger partial charge is 0.145 e. The summed E-state index contributed by atoms with van der Waals surface area (Å²) in [5, 5.41) is 12.5. The summed E-state index contributed by atoms with van der Waals surface area (Å²) in [6, 6.07) is 36.7. The molecule has 1 N–H and O–H groups in total. The normalized spacial score (nSPS) is 12.6. The Labute approximate surface area is 302 Å². The molecule has 5 aromatic carbocycles. The highest BCUT2D eigenvalue weighted by molar-refractivity contribution is 6.01. The molecule has 4 heteroatoms. The van der Waals surface area contributed by atoms with Crippen molar-refractivity contribution in [3.8, 4) is 50.5 Å². The van der Waals surface area contributed by atoms with Gasteiger partial charge in [0.05, 0.1) is 22.1 Å². The number of hydrogen-bond donors (Lipinski definition) is 1. The number of pyridine rings is 1. The van der Waals surface area contributed by atoms with Crippen LogP contribution in [-0.4, -0.2) is 19.6 Å². The molecule has 0 saturated heterocycles. The van der Waals surface area contributed by atoms with Crippen molar-refractivity contribution in [2.45, 2.75) is 85.6 Å². The van der Waals surface area contributed by atoms with E-state index < -0.39 is 0 Å². The Bertz CT molecular complexity index is 2430. The molecule has 0 radical (unpaired) electrons. The maximum atomic E-state index is 11.4. The van der Waals surface area contributed by atoms with Crippen molar-refractivity contribution >= 4 is 21.9 Å². The van der Waals surface area contributed by atoms with Crippen LogP contribution in [0.5, 0.6) is 5.75 Å². The third kappa shape index (κ3) is 6.44. The summed E-state index contributed by atoms with van der Waals surface area (Å²) in [5.41, 5.74) is 13.5. The van der Waals surface area contributed by atoms with Crippen LogP contribution in [0.3, 0.4) is 0 Å². The van der Waals surface area contributed by atoms with Crippen LogP contribution in [0.1, 0.15) is 79.0 Å². The Kier molecular flexibility index (Phi) is 8.21. The van der Waals surface area contributed by atoms with Gasteiger partial charge in [-0.05, 0) is 126 Å². The molecule has 7 rings (SSSR count). The van der Waals surface area contributed by atoms with Gasteiger partial charge in [-0.25, -0.2) is 4.98 Å². The number of phenols is 1. The second-order valence-electron chi connectivity index (χ2n) is 17.1. The highest BCUT2D eigenvalue weighted by Crippen LogP contribution is 2.43. The van der Waals surface area contributed by atoms with E-state index in [9.17, 15) is 5.11 Å². The van der Waals surface area contributed by atoms with Crippen LogP contribution in [0.2, 0.25) is 0 Å². The fourth-order valence-electron chi connectivity index (χ4n) is 7.18. The molecule has 0 aliphatic rings. The number of phenolic OH excluding ortho intramolecular Hbond substituents is 1. The molecule has 0 fully saturated rings. The molecule has 0 bridgehead atoms. The van der Waals surface area contributed by atoms with Gasteiger partial charge >= 0.3 is 0 Å².